The fraction of sp³-hybridized carbons (Fsp3) is 0.652. The van der Waals surface area contributed by atoms with Gasteiger partial charge in [-0.15, -0.1) is 0 Å². The molecule has 1 aromatic carbocycles. The number of rotatable bonds is 12. The molecule has 162 valence electrons. The SMILES string of the molecule is Cc1cc(Cl)cc(C(=O)C(O)CC[C@H]2CC[C@H](O)[C@@H]2CCCCCCC(=O)O)c1. The molecule has 1 fully saturated rings. The van der Waals surface area contributed by atoms with Gasteiger partial charge in [0.25, 0.3) is 0 Å². The van der Waals surface area contributed by atoms with Crippen molar-refractivity contribution in [2.75, 3.05) is 0 Å². The van der Waals surface area contributed by atoms with Gasteiger partial charge in [0.15, 0.2) is 5.78 Å². The van der Waals surface area contributed by atoms with Crippen molar-refractivity contribution >= 4 is 23.4 Å². The van der Waals surface area contributed by atoms with Crippen molar-refractivity contribution in [2.24, 2.45) is 11.8 Å². The maximum atomic E-state index is 12.5. The molecule has 0 bridgehead atoms. The summed E-state index contributed by atoms with van der Waals surface area (Å²) in [6, 6.07) is 5.10. The summed E-state index contributed by atoms with van der Waals surface area (Å²) in [4.78, 5) is 23.1. The summed E-state index contributed by atoms with van der Waals surface area (Å²) in [5, 5.41) is 29.9. The molecule has 1 aromatic rings. The van der Waals surface area contributed by atoms with Gasteiger partial charge in [0, 0.05) is 17.0 Å². The van der Waals surface area contributed by atoms with Crippen LogP contribution in [-0.2, 0) is 4.79 Å². The zero-order valence-corrected chi connectivity index (χ0v) is 17.9. The Kier molecular flexibility index (Phi) is 9.60. The summed E-state index contributed by atoms with van der Waals surface area (Å²) in [6.45, 7) is 1.86. The Morgan fingerprint density at radius 1 is 1.10 bits per heavy atom. The Hall–Kier alpha value is -1.43. The first-order valence-electron chi connectivity index (χ1n) is 10.7. The number of hydrogen-bond donors (Lipinski definition) is 3. The molecule has 1 aliphatic carbocycles. The van der Waals surface area contributed by atoms with Gasteiger partial charge in [-0.3, -0.25) is 9.59 Å². The number of halogens is 1. The molecule has 0 aliphatic heterocycles. The topological polar surface area (TPSA) is 94.8 Å². The van der Waals surface area contributed by atoms with Crippen LogP contribution in [0.15, 0.2) is 18.2 Å². The van der Waals surface area contributed by atoms with Gasteiger partial charge in [-0.1, -0.05) is 30.9 Å². The molecule has 0 heterocycles. The molecule has 2 rings (SSSR count). The summed E-state index contributed by atoms with van der Waals surface area (Å²) in [6.07, 6.45) is 6.08. The first kappa shape index (κ1) is 23.8. The molecular weight excluding hydrogens is 392 g/mol. The maximum absolute atomic E-state index is 12.5. The highest BCUT2D eigenvalue weighted by atomic mass is 35.5. The smallest absolute Gasteiger partial charge is 0.303 e. The summed E-state index contributed by atoms with van der Waals surface area (Å²) < 4.78 is 0. The lowest BCUT2D eigenvalue weighted by molar-refractivity contribution is -0.137. The van der Waals surface area contributed by atoms with Gasteiger partial charge in [-0.05, 0) is 81.0 Å². The van der Waals surface area contributed by atoms with Gasteiger partial charge in [-0.25, -0.2) is 0 Å². The molecule has 0 amide bonds. The van der Waals surface area contributed by atoms with E-state index in [4.69, 9.17) is 16.7 Å². The number of carboxylic acids is 1. The molecule has 4 atom stereocenters. The number of aryl methyl sites for hydroxylation is 1. The standard InChI is InChI=1S/C23H33ClO5/c1-15-12-17(14-18(24)13-15)23(29)21(26)11-9-16-8-10-20(25)19(16)6-4-2-3-5-7-22(27)28/h12-14,16,19-21,25-26H,2-11H2,1H3,(H,27,28)/t16-,19-,20+,21?/m1/s1. The van der Waals surface area contributed by atoms with E-state index in [0.29, 0.717) is 35.8 Å². The number of Topliss-reactive ketones (excluding diaryl/α,β-unsaturated/α-hetero) is 1. The van der Waals surface area contributed by atoms with Gasteiger partial charge >= 0.3 is 5.97 Å². The summed E-state index contributed by atoms with van der Waals surface area (Å²) in [7, 11) is 0. The van der Waals surface area contributed by atoms with E-state index < -0.39 is 12.1 Å². The van der Waals surface area contributed by atoms with Gasteiger partial charge in [0.05, 0.1) is 6.10 Å². The zero-order chi connectivity index (χ0) is 21.4. The Morgan fingerprint density at radius 3 is 2.52 bits per heavy atom. The molecule has 0 spiro atoms. The van der Waals surface area contributed by atoms with Crippen LogP contribution in [0.1, 0.15) is 80.1 Å². The molecule has 0 radical (unpaired) electrons. The average molecular weight is 425 g/mol. The summed E-state index contributed by atoms with van der Waals surface area (Å²) >= 11 is 6.02. The van der Waals surface area contributed by atoms with E-state index in [1.807, 2.05) is 6.92 Å². The summed E-state index contributed by atoms with van der Waals surface area (Å²) in [5.41, 5.74) is 1.32. The Morgan fingerprint density at radius 2 is 1.83 bits per heavy atom. The predicted octanol–water partition coefficient (Wildman–Crippen LogP) is 4.78. The van der Waals surface area contributed by atoms with Crippen LogP contribution < -0.4 is 0 Å². The second kappa shape index (κ2) is 11.7. The monoisotopic (exact) mass is 424 g/mol. The van der Waals surface area contributed by atoms with Crippen molar-refractivity contribution in [1.82, 2.24) is 0 Å². The van der Waals surface area contributed by atoms with Crippen LogP contribution >= 0.6 is 11.6 Å². The number of carbonyl (C=O) groups is 2. The maximum Gasteiger partial charge on any atom is 0.303 e. The number of hydrogen-bond acceptors (Lipinski definition) is 4. The van der Waals surface area contributed by atoms with E-state index >= 15 is 0 Å². The predicted molar refractivity (Wildman–Crippen MR) is 113 cm³/mol. The normalized spacial score (nSPS) is 22.6. The number of benzene rings is 1. The molecule has 1 saturated carbocycles. The van der Waals surface area contributed by atoms with Crippen LogP contribution in [-0.4, -0.2) is 39.3 Å². The van der Waals surface area contributed by atoms with Crippen molar-refractivity contribution < 1.29 is 24.9 Å². The number of aliphatic carboxylic acids is 1. The number of carboxylic acid groups (broad SMARTS) is 1. The first-order valence-corrected chi connectivity index (χ1v) is 11.0. The van der Waals surface area contributed by atoms with Crippen molar-refractivity contribution in [3.8, 4) is 0 Å². The fourth-order valence-electron chi connectivity index (χ4n) is 4.50. The van der Waals surface area contributed by atoms with Gasteiger partial charge in [0.1, 0.15) is 6.10 Å². The second-order valence-corrected chi connectivity index (χ2v) is 8.83. The largest absolute Gasteiger partial charge is 0.481 e. The minimum absolute atomic E-state index is 0.199. The fourth-order valence-corrected chi connectivity index (χ4v) is 4.79. The van der Waals surface area contributed by atoms with E-state index in [0.717, 1.165) is 44.1 Å². The first-order chi connectivity index (χ1) is 13.8. The quantitative estimate of drug-likeness (QED) is 0.331. The van der Waals surface area contributed by atoms with Crippen LogP contribution in [0.5, 0.6) is 0 Å². The Labute approximate surface area is 178 Å². The highest BCUT2D eigenvalue weighted by Gasteiger charge is 2.34. The van der Waals surface area contributed by atoms with Crippen LogP contribution in [0, 0.1) is 18.8 Å². The minimum atomic E-state index is -1.05. The van der Waals surface area contributed by atoms with Crippen molar-refractivity contribution in [3.63, 3.8) is 0 Å². The molecule has 6 heteroatoms. The van der Waals surface area contributed by atoms with E-state index in [9.17, 15) is 19.8 Å². The lowest BCUT2D eigenvalue weighted by Crippen LogP contribution is -2.24. The van der Waals surface area contributed by atoms with Crippen LogP contribution in [0.25, 0.3) is 0 Å². The Balaban J connectivity index is 1.78. The van der Waals surface area contributed by atoms with E-state index in [1.54, 1.807) is 18.2 Å². The third kappa shape index (κ3) is 7.72. The van der Waals surface area contributed by atoms with E-state index in [-0.39, 0.29) is 24.2 Å². The van der Waals surface area contributed by atoms with Crippen molar-refractivity contribution in [1.29, 1.82) is 0 Å². The van der Waals surface area contributed by atoms with Crippen molar-refractivity contribution in [2.45, 2.75) is 83.3 Å². The minimum Gasteiger partial charge on any atom is -0.481 e. The highest BCUT2D eigenvalue weighted by molar-refractivity contribution is 6.31. The average Bonchev–Trinajstić information content (AvgIpc) is 3.00. The molecular formula is C23H33ClO5. The number of carbonyl (C=O) groups excluding carboxylic acids is 1. The van der Waals surface area contributed by atoms with Crippen molar-refractivity contribution in [3.05, 3.63) is 34.3 Å². The molecule has 0 aromatic heterocycles. The molecule has 1 unspecified atom stereocenters. The molecule has 3 N–H and O–H groups in total. The van der Waals surface area contributed by atoms with Gasteiger partial charge in [-0.2, -0.15) is 0 Å². The number of aliphatic hydroxyl groups is 2. The van der Waals surface area contributed by atoms with E-state index in [1.165, 1.54) is 0 Å². The summed E-state index contributed by atoms with van der Waals surface area (Å²) in [5.74, 6) is -0.542. The number of aliphatic hydroxyl groups excluding tert-OH is 2. The highest BCUT2D eigenvalue weighted by Crippen LogP contribution is 2.39. The van der Waals surface area contributed by atoms with Crippen LogP contribution in [0.4, 0.5) is 0 Å². The lowest BCUT2D eigenvalue weighted by atomic mass is 9.85. The van der Waals surface area contributed by atoms with Gasteiger partial charge in [0.2, 0.25) is 0 Å². The second-order valence-electron chi connectivity index (χ2n) is 8.39. The third-order valence-corrected chi connectivity index (χ3v) is 6.27. The molecule has 5 nitrogen and oxygen atoms in total. The Bertz CT molecular complexity index is 670. The lowest BCUT2D eigenvalue weighted by Gasteiger charge is -2.23. The molecule has 0 saturated heterocycles. The number of ketones is 1. The number of unbranched alkanes of at least 4 members (excludes halogenated alkanes) is 3. The zero-order valence-electron chi connectivity index (χ0n) is 17.1. The third-order valence-electron chi connectivity index (χ3n) is 6.05. The van der Waals surface area contributed by atoms with Gasteiger partial charge < -0.3 is 15.3 Å². The molecule has 1 aliphatic rings. The molecule has 29 heavy (non-hydrogen) atoms. The van der Waals surface area contributed by atoms with Crippen LogP contribution in [0.2, 0.25) is 5.02 Å². The van der Waals surface area contributed by atoms with Crippen LogP contribution in [0.3, 0.4) is 0 Å². The van der Waals surface area contributed by atoms with E-state index in [2.05, 4.69) is 0 Å².